The molecule has 14 heavy (non-hydrogen) atoms. The normalized spacial score (nSPS) is 20.0. The third-order valence-corrected chi connectivity index (χ3v) is 2.55. The van der Waals surface area contributed by atoms with Crippen LogP contribution in [0, 0.1) is 12.3 Å². The van der Waals surface area contributed by atoms with E-state index in [4.69, 9.17) is 12.2 Å². The minimum Gasteiger partial charge on any atom is -0.359 e. The minimum atomic E-state index is 0.207. The molecule has 0 fully saturated rings. The van der Waals surface area contributed by atoms with Crippen LogP contribution in [-0.4, -0.2) is 19.1 Å². The number of anilines is 1. The molecule has 0 bridgehead atoms. The average Bonchev–Trinajstić information content (AvgIpc) is 2.18. The van der Waals surface area contributed by atoms with Crippen molar-refractivity contribution in [1.82, 2.24) is 0 Å². The zero-order valence-electron chi connectivity index (χ0n) is 8.11. The number of rotatable bonds is 1. The van der Waals surface area contributed by atoms with Gasteiger partial charge in [-0.3, -0.25) is 0 Å². The lowest BCUT2D eigenvalue weighted by Gasteiger charge is -2.33. The molecule has 2 nitrogen and oxygen atoms in total. The summed E-state index contributed by atoms with van der Waals surface area (Å²) in [6.07, 6.45) is 6.29. The third kappa shape index (κ3) is 1.59. The van der Waals surface area contributed by atoms with Crippen molar-refractivity contribution in [3.05, 3.63) is 29.8 Å². The number of nitrogens with zero attached hydrogens (tertiary/aromatic N) is 1. The number of hydrogen-bond acceptors (Lipinski definition) is 2. The van der Waals surface area contributed by atoms with Gasteiger partial charge in [0.15, 0.2) is 0 Å². The van der Waals surface area contributed by atoms with Crippen LogP contribution in [0.1, 0.15) is 5.56 Å². The van der Waals surface area contributed by atoms with Crippen molar-refractivity contribution in [3.63, 3.8) is 0 Å². The van der Waals surface area contributed by atoms with Crippen LogP contribution in [0.4, 0.5) is 5.69 Å². The Labute approximate surface area is 84.7 Å². The molecule has 1 unspecified atom stereocenters. The first-order chi connectivity index (χ1) is 6.81. The van der Waals surface area contributed by atoms with Gasteiger partial charge >= 0.3 is 0 Å². The van der Waals surface area contributed by atoms with Crippen molar-refractivity contribution >= 4 is 5.69 Å². The topological polar surface area (TPSA) is 29.3 Å². The van der Waals surface area contributed by atoms with Crippen LogP contribution in [-0.2, 0) is 6.42 Å². The molecular weight excluding hydrogens is 172 g/mol. The van der Waals surface area contributed by atoms with Crippen LogP contribution < -0.4 is 10.6 Å². The van der Waals surface area contributed by atoms with Gasteiger partial charge < -0.3 is 10.6 Å². The van der Waals surface area contributed by atoms with Crippen molar-refractivity contribution in [3.8, 4) is 12.3 Å². The first-order valence-corrected chi connectivity index (χ1v) is 4.83. The maximum atomic E-state index is 5.96. The van der Waals surface area contributed by atoms with Crippen LogP contribution in [0.2, 0.25) is 0 Å². The molecule has 0 aromatic heterocycles. The fourth-order valence-electron chi connectivity index (χ4n) is 1.98. The van der Waals surface area contributed by atoms with Gasteiger partial charge in [0.05, 0.1) is 6.54 Å². The maximum Gasteiger partial charge on any atom is 0.0792 e. The summed E-state index contributed by atoms with van der Waals surface area (Å²) in [4.78, 5) is 2.17. The molecule has 1 aliphatic heterocycles. The Morgan fingerprint density at radius 1 is 1.50 bits per heavy atom. The second kappa shape index (κ2) is 3.73. The van der Waals surface area contributed by atoms with Crippen LogP contribution in [0.15, 0.2) is 24.3 Å². The lowest BCUT2D eigenvalue weighted by Crippen LogP contribution is -2.43. The monoisotopic (exact) mass is 186 g/mol. The van der Waals surface area contributed by atoms with E-state index in [2.05, 4.69) is 23.0 Å². The van der Waals surface area contributed by atoms with E-state index in [-0.39, 0.29) is 6.04 Å². The number of fused-ring (bicyclic) bond motifs is 1. The van der Waals surface area contributed by atoms with Crippen LogP contribution in [0.3, 0.4) is 0 Å². The first kappa shape index (κ1) is 9.11. The van der Waals surface area contributed by atoms with E-state index in [9.17, 15) is 0 Å². The summed E-state index contributed by atoms with van der Waals surface area (Å²) < 4.78 is 0. The highest BCUT2D eigenvalue weighted by Crippen LogP contribution is 2.25. The van der Waals surface area contributed by atoms with E-state index >= 15 is 0 Å². The molecular formula is C12H14N2. The Balaban J connectivity index is 2.34. The van der Waals surface area contributed by atoms with Gasteiger partial charge in [-0.2, -0.15) is 0 Å². The van der Waals surface area contributed by atoms with E-state index in [0.29, 0.717) is 6.54 Å². The Bertz CT molecular complexity index is 365. The molecule has 0 aliphatic carbocycles. The van der Waals surface area contributed by atoms with Crippen molar-refractivity contribution < 1.29 is 0 Å². The Morgan fingerprint density at radius 2 is 2.29 bits per heavy atom. The van der Waals surface area contributed by atoms with E-state index < -0.39 is 0 Å². The maximum absolute atomic E-state index is 5.96. The van der Waals surface area contributed by atoms with E-state index in [1.54, 1.807) is 0 Å². The first-order valence-electron chi connectivity index (χ1n) is 4.83. The zero-order chi connectivity index (χ0) is 9.97. The predicted molar refractivity (Wildman–Crippen MR) is 59.2 cm³/mol. The molecule has 2 N–H and O–H groups in total. The lowest BCUT2D eigenvalue weighted by atomic mass is 9.98. The summed E-state index contributed by atoms with van der Waals surface area (Å²) in [5.74, 6) is 2.67. The van der Waals surface area contributed by atoms with Gasteiger partial charge in [0, 0.05) is 18.3 Å². The molecule has 0 spiro atoms. The molecule has 1 aliphatic rings. The standard InChI is InChI=1S/C12H14N2/c1-2-7-14-9-11(13)8-10-5-3-4-6-12(10)14/h1,3-6,11H,7-9,13H2. The number of para-hydroxylation sites is 1. The van der Waals surface area contributed by atoms with Gasteiger partial charge in [-0.15, -0.1) is 6.42 Å². The van der Waals surface area contributed by atoms with Crippen molar-refractivity contribution in [2.75, 3.05) is 18.0 Å². The summed E-state index contributed by atoms with van der Waals surface area (Å²) in [5.41, 5.74) is 8.51. The summed E-state index contributed by atoms with van der Waals surface area (Å²) in [5, 5.41) is 0. The number of nitrogens with two attached hydrogens (primary N) is 1. The predicted octanol–water partition coefficient (Wildman–Crippen LogP) is 1.01. The minimum absolute atomic E-state index is 0.207. The van der Waals surface area contributed by atoms with E-state index in [1.165, 1.54) is 11.3 Å². The molecule has 2 rings (SSSR count). The average molecular weight is 186 g/mol. The molecule has 0 saturated heterocycles. The molecule has 72 valence electrons. The lowest BCUT2D eigenvalue weighted by molar-refractivity contribution is 0.618. The van der Waals surface area contributed by atoms with Gasteiger partial charge in [0.1, 0.15) is 0 Å². The molecule has 1 atom stereocenters. The highest BCUT2D eigenvalue weighted by atomic mass is 15.1. The smallest absolute Gasteiger partial charge is 0.0792 e. The summed E-state index contributed by atoms with van der Waals surface area (Å²) in [6, 6.07) is 8.53. The Kier molecular flexibility index (Phi) is 2.43. The third-order valence-electron chi connectivity index (χ3n) is 2.55. The van der Waals surface area contributed by atoms with Gasteiger partial charge in [0.2, 0.25) is 0 Å². The summed E-state index contributed by atoms with van der Waals surface area (Å²) >= 11 is 0. The molecule has 0 radical (unpaired) electrons. The Hall–Kier alpha value is -1.46. The zero-order valence-corrected chi connectivity index (χ0v) is 8.11. The molecule has 1 aromatic rings. The SMILES string of the molecule is C#CCN1CC(N)Cc2ccccc21. The second-order valence-electron chi connectivity index (χ2n) is 3.68. The van der Waals surface area contributed by atoms with Crippen LogP contribution >= 0.6 is 0 Å². The largest absolute Gasteiger partial charge is 0.359 e. The summed E-state index contributed by atoms with van der Waals surface area (Å²) in [6.45, 7) is 1.51. The number of benzene rings is 1. The number of terminal acetylenes is 1. The van der Waals surface area contributed by atoms with Crippen molar-refractivity contribution in [1.29, 1.82) is 0 Å². The highest BCUT2D eigenvalue weighted by molar-refractivity contribution is 5.56. The highest BCUT2D eigenvalue weighted by Gasteiger charge is 2.20. The molecule has 0 saturated carbocycles. The van der Waals surface area contributed by atoms with Crippen LogP contribution in [0.25, 0.3) is 0 Å². The van der Waals surface area contributed by atoms with Crippen molar-refractivity contribution in [2.24, 2.45) is 5.73 Å². The van der Waals surface area contributed by atoms with Gasteiger partial charge in [-0.1, -0.05) is 24.1 Å². The fourth-order valence-corrected chi connectivity index (χ4v) is 1.98. The van der Waals surface area contributed by atoms with E-state index in [0.717, 1.165) is 13.0 Å². The second-order valence-corrected chi connectivity index (χ2v) is 3.68. The number of hydrogen-bond donors (Lipinski definition) is 1. The Morgan fingerprint density at radius 3 is 3.07 bits per heavy atom. The van der Waals surface area contributed by atoms with Crippen molar-refractivity contribution in [2.45, 2.75) is 12.5 Å². The molecule has 1 aromatic carbocycles. The van der Waals surface area contributed by atoms with Gasteiger partial charge in [-0.05, 0) is 18.1 Å². The van der Waals surface area contributed by atoms with Gasteiger partial charge in [0.25, 0.3) is 0 Å². The fraction of sp³-hybridized carbons (Fsp3) is 0.333. The quantitative estimate of drug-likeness (QED) is 0.663. The molecule has 0 amide bonds. The van der Waals surface area contributed by atoms with E-state index in [1.807, 2.05) is 12.1 Å². The van der Waals surface area contributed by atoms with Gasteiger partial charge in [-0.25, -0.2) is 0 Å². The van der Waals surface area contributed by atoms with Crippen LogP contribution in [0.5, 0.6) is 0 Å². The molecule has 2 heteroatoms. The molecule has 1 heterocycles. The summed E-state index contributed by atoms with van der Waals surface area (Å²) in [7, 11) is 0.